The number of hydrogen-bond donors (Lipinski definition) is 1. The van der Waals surface area contributed by atoms with Crippen molar-refractivity contribution in [1.29, 1.82) is 0 Å². The number of rotatable bonds is 4. The van der Waals surface area contributed by atoms with Gasteiger partial charge in [0.25, 0.3) is 0 Å². The molecule has 6 heteroatoms. The number of nitrogens with zero attached hydrogens (tertiary/aromatic N) is 1. The summed E-state index contributed by atoms with van der Waals surface area (Å²) in [4.78, 5) is 12.1. The van der Waals surface area contributed by atoms with E-state index >= 15 is 0 Å². The quantitative estimate of drug-likeness (QED) is 0.731. The molecule has 2 heterocycles. The fourth-order valence-corrected chi connectivity index (χ4v) is 2.71. The molecule has 124 valence electrons. The Bertz CT molecular complexity index is 920. The molecule has 0 unspecified atom stereocenters. The highest BCUT2D eigenvalue weighted by molar-refractivity contribution is 6.04. The topological polar surface area (TPSA) is 77.5 Å². The third-order valence-corrected chi connectivity index (χ3v) is 3.90. The molecular formula is C18H18N2O4. The van der Waals surface area contributed by atoms with Gasteiger partial charge in [-0.3, -0.25) is 4.79 Å². The van der Waals surface area contributed by atoms with E-state index in [9.17, 15) is 4.79 Å². The first-order chi connectivity index (χ1) is 11.5. The molecule has 6 nitrogen and oxygen atoms in total. The molecule has 2 aromatic heterocycles. The van der Waals surface area contributed by atoms with Gasteiger partial charge in [0.1, 0.15) is 17.6 Å². The number of hydrogen-bond acceptors (Lipinski definition) is 5. The van der Waals surface area contributed by atoms with Crippen molar-refractivity contribution < 1.29 is 18.5 Å². The maximum atomic E-state index is 12.1. The molecule has 0 bridgehead atoms. The van der Waals surface area contributed by atoms with E-state index in [4.69, 9.17) is 13.7 Å². The number of carbonyl (C=O) groups is 1. The largest absolute Gasteiger partial charge is 0.496 e. The van der Waals surface area contributed by atoms with E-state index in [0.29, 0.717) is 11.6 Å². The van der Waals surface area contributed by atoms with E-state index in [2.05, 4.69) is 10.5 Å². The van der Waals surface area contributed by atoms with Gasteiger partial charge < -0.3 is 19.0 Å². The van der Waals surface area contributed by atoms with Crippen LogP contribution in [-0.2, 0) is 4.79 Å². The molecule has 0 aliphatic carbocycles. The van der Waals surface area contributed by atoms with Crippen molar-refractivity contribution in [2.75, 3.05) is 12.4 Å². The Kier molecular flexibility index (Phi) is 4.12. The minimum Gasteiger partial charge on any atom is -0.496 e. The van der Waals surface area contributed by atoms with Crippen molar-refractivity contribution in [3.8, 4) is 5.75 Å². The second-order valence-corrected chi connectivity index (χ2v) is 5.58. The molecule has 3 rings (SSSR count). The molecular weight excluding hydrogens is 308 g/mol. The third-order valence-electron chi connectivity index (χ3n) is 3.90. The maximum Gasteiger partial charge on any atom is 0.249 e. The standard InChI is InChI=1S/C18H18N2O4/c1-10(7-16(21)19-15-5-6-24-20-15)13-8-14-11(2)9-23-18(14)12(3)17(13)22-4/h5-9H,1-4H3,(H,19,20,21)/b10-7+. The molecule has 0 spiro atoms. The summed E-state index contributed by atoms with van der Waals surface area (Å²) in [6.07, 6.45) is 4.62. The van der Waals surface area contributed by atoms with E-state index in [-0.39, 0.29) is 5.91 Å². The Labute approximate surface area is 139 Å². The molecule has 24 heavy (non-hydrogen) atoms. The smallest absolute Gasteiger partial charge is 0.249 e. The highest BCUT2D eigenvalue weighted by atomic mass is 16.5. The first-order valence-corrected chi connectivity index (χ1v) is 7.46. The summed E-state index contributed by atoms with van der Waals surface area (Å²) < 4.78 is 15.8. The Morgan fingerprint density at radius 1 is 1.38 bits per heavy atom. The molecule has 0 saturated heterocycles. The normalized spacial score (nSPS) is 11.8. The van der Waals surface area contributed by atoms with Gasteiger partial charge in [0.2, 0.25) is 5.91 Å². The SMILES string of the molecule is COc1c(/C(C)=C/C(=O)Nc2ccon2)cc2c(C)coc2c1C. The molecule has 0 saturated carbocycles. The van der Waals surface area contributed by atoms with Gasteiger partial charge >= 0.3 is 0 Å². The Hall–Kier alpha value is -3.02. The number of aryl methyl sites for hydroxylation is 2. The minimum atomic E-state index is -0.287. The summed E-state index contributed by atoms with van der Waals surface area (Å²) in [6.45, 7) is 5.79. The van der Waals surface area contributed by atoms with Crippen LogP contribution in [0.1, 0.15) is 23.6 Å². The fraction of sp³-hybridized carbons (Fsp3) is 0.222. The number of nitrogens with one attached hydrogen (secondary N) is 1. The van der Waals surface area contributed by atoms with Crippen molar-refractivity contribution in [2.24, 2.45) is 0 Å². The summed E-state index contributed by atoms with van der Waals surface area (Å²) in [5.74, 6) is 0.776. The van der Waals surface area contributed by atoms with Crippen molar-refractivity contribution in [2.45, 2.75) is 20.8 Å². The van der Waals surface area contributed by atoms with Crippen LogP contribution in [0.3, 0.4) is 0 Å². The van der Waals surface area contributed by atoms with Gasteiger partial charge in [-0.25, -0.2) is 0 Å². The molecule has 1 N–H and O–H groups in total. The lowest BCUT2D eigenvalue weighted by Crippen LogP contribution is -2.09. The molecule has 1 aromatic carbocycles. The monoisotopic (exact) mass is 326 g/mol. The van der Waals surface area contributed by atoms with Crippen LogP contribution in [0.4, 0.5) is 5.82 Å². The number of anilines is 1. The second-order valence-electron chi connectivity index (χ2n) is 5.58. The zero-order valence-corrected chi connectivity index (χ0v) is 14.0. The first-order valence-electron chi connectivity index (χ1n) is 7.46. The van der Waals surface area contributed by atoms with Crippen LogP contribution in [0.15, 0.2) is 39.7 Å². The first kappa shape index (κ1) is 15.9. The second kappa shape index (κ2) is 6.23. The highest BCUT2D eigenvalue weighted by Gasteiger charge is 2.16. The summed E-state index contributed by atoms with van der Waals surface area (Å²) in [6, 6.07) is 3.56. The third kappa shape index (κ3) is 2.78. The number of ether oxygens (including phenoxy) is 1. The average Bonchev–Trinajstić information content (AvgIpc) is 3.17. The lowest BCUT2D eigenvalue weighted by Gasteiger charge is -2.13. The van der Waals surface area contributed by atoms with Crippen LogP contribution in [0.2, 0.25) is 0 Å². The number of benzene rings is 1. The zero-order chi connectivity index (χ0) is 17.3. The minimum absolute atomic E-state index is 0.287. The Morgan fingerprint density at radius 2 is 2.17 bits per heavy atom. The molecule has 0 fully saturated rings. The van der Waals surface area contributed by atoms with Crippen LogP contribution in [0.25, 0.3) is 16.5 Å². The van der Waals surface area contributed by atoms with Crippen molar-refractivity contribution in [1.82, 2.24) is 5.16 Å². The summed E-state index contributed by atoms with van der Waals surface area (Å²) in [5, 5.41) is 7.30. The van der Waals surface area contributed by atoms with Crippen molar-refractivity contribution in [3.05, 3.63) is 47.4 Å². The Morgan fingerprint density at radius 3 is 2.83 bits per heavy atom. The number of amides is 1. The lowest BCUT2D eigenvalue weighted by molar-refractivity contribution is -0.111. The highest BCUT2D eigenvalue weighted by Crippen LogP contribution is 2.37. The predicted molar refractivity (Wildman–Crippen MR) is 91.0 cm³/mol. The molecule has 0 aliphatic rings. The van der Waals surface area contributed by atoms with E-state index in [1.807, 2.05) is 26.8 Å². The summed E-state index contributed by atoms with van der Waals surface area (Å²) >= 11 is 0. The summed E-state index contributed by atoms with van der Waals surface area (Å²) in [7, 11) is 1.61. The number of aromatic nitrogens is 1. The van der Waals surface area contributed by atoms with E-state index < -0.39 is 0 Å². The fourth-order valence-electron chi connectivity index (χ4n) is 2.71. The van der Waals surface area contributed by atoms with E-state index in [1.54, 1.807) is 19.4 Å². The van der Waals surface area contributed by atoms with Gasteiger partial charge in [0.15, 0.2) is 5.82 Å². The molecule has 3 aromatic rings. The van der Waals surface area contributed by atoms with Crippen LogP contribution >= 0.6 is 0 Å². The predicted octanol–water partition coefficient (Wildman–Crippen LogP) is 4.09. The van der Waals surface area contributed by atoms with E-state index in [1.165, 1.54) is 12.3 Å². The van der Waals surface area contributed by atoms with Crippen LogP contribution < -0.4 is 10.1 Å². The van der Waals surface area contributed by atoms with Gasteiger partial charge in [-0.15, -0.1) is 0 Å². The molecule has 1 amide bonds. The van der Waals surface area contributed by atoms with Crippen LogP contribution in [-0.4, -0.2) is 18.2 Å². The van der Waals surface area contributed by atoms with Crippen molar-refractivity contribution >= 4 is 28.3 Å². The number of carbonyl (C=O) groups excluding carboxylic acids is 1. The summed E-state index contributed by atoms with van der Waals surface area (Å²) in [5.41, 5.74) is 4.37. The number of fused-ring (bicyclic) bond motifs is 1. The average molecular weight is 326 g/mol. The van der Waals surface area contributed by atoms with Gasteiger partial charge in [-0.2, -0.15) is 0 Å². The van der Waals surface area contributed by atoms with Crippen molar-refractivity contribution in [3.63, 3.8) is 0 Å². The molecule has 0 aliphatic heterocycles. The number of furan rings is 1. The Balaban J connectivity index is 2.02. The molecule has 0 radical (unpaired) electrons. The lowest BCUT2D eigenvalue weighted by atomic mass is 9.98. The molecule has 0 atom stereocenters. The van der Waals surface area contributed by atoms with Gasteiger partial charge in [0, 0.05) is 28.7 Å². The van der Waals surface area contributed by atoms with Gasteiger partial charge in [-0.1, -0.05) is 5.16 Å². The van der Waals surface area contributed by atoms with Gasteiger partial charge in [-0.05, 0) is 38.0 Å². The van der Waals surface area contributed by atoms with Gasteiger partial charge in [0.05, 0.1) is 13.4 Å². The van der Waals surface area contributed by atoms with E-state index in [0.717, 1.165) is 33.2 Å². The zero-order valence-electron chi connectivity index (χ0n) is 14.0. The maximum absolute atomic E-state index is 12.1. The number of allylic oxidation sites excluding steroid dienone is 1. The number of methoxy groups -OCH3 is 1. The van der Waals surface area contributed by atoms with Crippen LogP contribution in [0, 0.1) is 13.8 Å². The van der Waals surface area contributed by atoms with Crippen LogP contribution in [0.5, 0.6) is 5.75 Å².